The monoisotopic (exact) mass is 312 g/mol. The highest BCUT2D eigenvalue weighted by atomic mass is 32.1. The molecule has 0 spiro atoms. The van der Waals surface area contributed by atoms with Crippen LogP contribution >= 0.6 is 12.2 Å². The van der Waals surface area contributed by atoms with Gasteiger partial charge in [-0.1, -0.05) is 6.92 Å². The molecule has 8 heteroatoms. The number of halogens is 3. The molecule has 1 aromatic carbocycles. The van der Waals surface area contributed by atoms with Crippen LogP contribution in [0.2, 0.25) is 0 Å². The molecule has 4 nitrogen and oxygen atoms in total. The van der Waals surface area contributed by atoms with Crippen molar-refractivity contribution in [3.05, 3.63) is 40.0 Å². The number of benzene rings is 1. The molecular formula is C13H11F3N4S. The summed E-state index contributed by atoms with van der Waals surface area (Å²) in [4.78, 5) is 2.94. The van der Waals surface area contributed by atoms with Gasteiger partial charge in [-0.25, -0.2) is 17.9 Å². The molecule has 3 aromatic rings. The van der Waals surface area contributed by atoms with E-state index < -0.39 is 17.5 Å². The lowest BCUT2D eigenvalue weighted by atomic mass is 10.2. The molecule has 110 valence electrons. The molecule has 0 fully saturated rings. The Bertz CT molecular complexity index is 906. The van der Waals surface area contributed by atoms with Gasteiger partial charge in [0.25, 0.3) is 0 Å². The summed E-state index contributed by atoms with van der Waals surface area (Å²) in [5.41, 5.74) is 1.77. The molecule has 0 atom stereocenters. The topological polar surface area (TPSA) is 38.5 Å². The highest BCUT2D eigenvalue weighted by Gasteiger charge is 2.19. The van der Waals surface area contributed by atoms with Gasteiger partial charge < -0.3 is 4.98 Å². The van der Waals surface area contributed by atoms with Crippen molar-refractivity contribution in [3.63, 3.8) is 0 Å². The lowest BCUT2D eigenvalue weighted by Gasteiger charge is -2.07. The van der Waals surface area contributed by atoms with Crippen LogP contribution in [0.3, 0.4) is 0 Å². The number of hydrogen-bond donors (Lipinski definition) is 1. The van der Waals surface area contributed by atoms with Crippen molar-refractivity contribution in [1.29, 1.82) is 0 Å². The van der Waals surface area contributed by atoms with E-state index in [2.05, 4.69) is 10.1 Å². The van der Waals surface area contributed by atoms with E-state index in [1.165, 1.54) is 9.25 Å². The maximum Gasteiger partial charge on any atom is 0.184 e. The minimum atomic E-state index is -1.24. The van der Waals surface area contributed by atoms with E-state index in [9.17, 15) is 13.2 Å². The summed E-state index contributed by atoms with van der Waals surface area (Å²) in [6.45, 7) is 1.92. The van der Waals surface area contributed by atoms with Crippen LogP contribution in [0.4, 0.5) is 13.2 Å². The van der Waals surface area contributed by atoms with Crippen LogP contribution in [0.1, 0.15) is 12.6 Å². The molecule has 2 heterocycles. The molecule has 0 amide bonds. The van der Waals surface area contributed by atoms with Gasteiger partial charge >= 0.3 is 0 Å². The smallest absolute Gasteiger partial charge is 0.184 e. The summed E-state index contributed by atoms with van der Waals surface area (Å²) in [5, 5.41) is 4.29. The Hall–Kier alpha value is -2.09. The van der Waals surface area contributed by atoms with E-state index in [-0.39, 0.29) is 10.5 Å². The standard InChI is InChI=1S/C13H11F3N4S/c1-3-9-11-12(19(2)18-9)20(13(21)17-11)10-5-7(15)6(14)4-8(10)16/h4-5H,3H2,1-2H3,(H,17,21). The summed E-state index contributed by atoms with van der Waals surface area (Å²) in [6.07, 6.45) is 0.660. The predicted octanol–water partition coefficient (Wildman–Crippen LogP) is 3.40. The zero-order valence-electron chi connectivity index (χ0n) is 11.2. The quantitative estimate of drug-likeness (QED) is 0.582. The Morgan fingerprint density at radius 1 is 1.19 bits per heavy atom. The fourth-order valence-electron chi connectivity index (χ4n) is 2.37. The second-order valence-corrected chi connectivity index (χ2v) is 4.99. The van der Waals surface area contributed by atoms with E-state index in [0.717, 1.165) is 11.8 Å². The average Bonchev–Trinajstić information content (AvgIpc) is 2.91. The second-order valence-electron chi connectivity index (χ2n) is 4.61. The molecule has 0 aliphatic heterocycles. The Kier molecular flexibility index (Phi) is 3.12. The third-order valence-electron chi connectivity index (χ3n) is 3.30. The third-order valence-corrected chi connectivity index (χ3v) is 3.59. The average molecular weight is 312 g/mol. The molecule has 2 aromatic heterocycles. The van der Waals surface area contributed by atoms with Gasteiger partial charge in [0.1, 0.15) is 11.3 Å². The van der Waals surface area contributed by atoms with Gasteiger partial charge in [-0.3, -0.25) is 4.57 Å². The number of hydrogen-bond acceptors (Lipinski definition) is 2. The molecule has 0 saturated carbocycles. The summed E-state index contributed by atoms with van der Waals surface area (Å²) in [5.74, 6) is -3.28. The van der Waals surface area contributed by atoms with Crippen LogP contribution in [-0.2, 0) is 13.5 Å². The largest absolute Gasteiger partial charge is 0.327 e. The summed E-state index contributed by atoms with van der Waals surface area (Å²) in [7, 11) is 1.68. The number of aryl methyl sites for hydroxylation is 2. The number of fused-ring (bicyclic) bond motifs is 1. The Balaban J connectivity index is 2.41. The van der Waals surface area contributed by atoms with Crippen LogP contribution in [0.25, 0.3) is 16.9 Å². The van der Waals surface area contributed by atoms with Gasteiger partial charge in [0, 0.05) is 19.2 Å². The Labute approximate surface area is 122 Å². The van der Waals surface area contributed by atoms with Crippen molar-refractivity contribution in [3.8, 4) is 5.69 Å². The van der Waals surface area contributed by atoms with Crippen molar-refractivity contribution >= 4 is 23.4 Å². The maximum atomic E-state index is 14.0. The number of aromatic amines is 1. The lowest BCUT2D eigenvalue weighted by Crippen LogP contribution is -2.04. The van der Waals surface area contributed by atoms with E-state index in [4.69, 9.17) is 12.2 Å². The van der Waals surface area contributed by atoms with E-state index in [1.54, 1.807) is 7.05 Å². The molecule has 0 aliphatic rings. The summed E-state index contributed by atoms with van der Waals surface area (Å²) < 4.78 is 43.6. The van der Waals surface area contributed by atoms with E-state index >= 15 is 0 Å². The number of imidazole rings is 1. The summed E-state index contributed by atoms with van der Waals surface area (Å²) in [6, 6.07) is 1.29. The minimum Gasteiger partial charge on any atom is -0.327 e. The first-order valence-electron chi connectivity index (χ1n) is 6.25. The number of nitrogens with zero attached hydrogens (tertiary/aromatic N) is 3. The predicted molar refractivity (Wildman–Crippen MR) is 74.5 cm³/mol. The van der Waals surface area contributed by atoms with Gasteiger partial charge in [0.2, 0.25) is 0 Å². The van der Waals surface area contributed by atoms with Gasteiger partial charge in [-0.15, -0.1) is 0 Å². The van der Waals surface area contributed by atoms with Crippen LogP contribution < -0.4 is 0 Å². The van der Waals surface area contributed by atoms with Gasteiger partial charge in [0.05, 0.1) is 11.4 Å². The van der Waals surface area contributed by atoms with Crippen LogP contribution in [-0.4, -0.2) is 19.3 Å². The minimum absolute atomic E-state index is 0.157. The van der Waals surface area contributed by atoms with Gasteiger partial charge in [-0.2, -0.15) is 5.10 Å². The van der Waals surface area contributed by atoms with Crippen molar-refractivity contribution in [2.45, 2.75) is 13.3 Å². The van der Waals surface area contributed by atoms with Crippen molar-refractivity contribution < 1.29 is 13.2 Å². The van der Waals surface area contributed by atoms with Gasteiger partial charge in [-0.05, 0) is 18.6 Å². The van der Waals surface area contributed by atoms with Gasteiger partial charge in [0.15, 0.2) is 22.1 Å². The Morgan fingerprint density at radius 2 is 1.86 bits per heavy atom. The van der Waals surface area contributed by atoms with Crippen molar-refractivity contribution in [2.75, 3.05) is 0 Å². The first-order valence-corrected chi connectivity index (χ1v) is 6.66. The van der Waals surface area contributed by atoms with Crippen molar-refractivity contribution in [2.24, 2.45) is 7.05 Å². The number of rotatable bonds is 2. The molecule has 0 radical (unpaired) electrons. The van der Waals surface area contributed by atoms with Crippen LogP contribution in [0, 0.1) is 22.2 Å². The molecular weight excluding hydrogens is 301 g/mol. The molecule has 0 unspecified atom stereocenters. The molecule has 0 bridgehead atoms. The first kappa shape index (κ1) is 13.9. The second kappa shape index (κ2) is 4.73. The van der Waals surface area contributed by atoms with Crippen LogP contribution in [0.15, 0.2) is 12.1 Å². The zero-order chi connectivity index (χ0) is 15.3. The molecule has 1 N–H and O–H groups in total. The van der Waals surface area contributed by atoms with Crippen molar-refractivity contribution in [1.82, 2.24) is 19.3 Å². The van der Waals surface area contributed by atoms with E-state index in [0.29, 0.717) is 23.7 Å². The fourth-order valence-corrected chi connectivity index (χ4v) is 2.65. The molecule has 0 saturated heterocycles. The number of H-pyrrole nitrogens is 1. The normalized spacial score (nSPS) is 11.5. The molecule has 0 aliphatic carbocycles. The number of aromatic nitrogens is 4. The first-order chi connectivity index (χ1) is 9.93. The zero-order valence-corrected chi connectivity index (χ0v) is 12.1. The number of nitrogens with one attached hydrogen (secondary N) is 1. The lowest BCUT2D eigenvalue weighted by molar-refractivity contribution is 0.493. The molecule has 21 heavy (non-hydrogen) atoms. The van der Waals surface area contributed by atoms with E-state index in [1.807, 2.05) is 6.92 Å². The highest BCUT2D eigenvalue weighted by Crippen LogP contribution is 2.25. The Morgan fingerprint density at radius 3 is 2.52 bits per heavy atom. The maximum absolute atomic E-state index is 14.0. The SMILES string of the molecule is CCc1nn(C)c2c1[nH]c(=S)n2-c1cc(F)c(F)cc1F. The highest BCUT2D eigenvalue weighted by molar-refractivity contribution is 7.71. The van der Waals surface area contributed by atoms with Crippen LogP contribution in [0.5, 0.6) is 0 Å². The third kappa shape index (κ3) is 1.98. The summed E-state index contributed by atoms with van der Waals surface area (Å²) >= 11 is 5.17. The fraction of sp³-hybridized carbons (Fsp3) is 0.231. The molecule has 3 rings (SSSR count).